The lowest BCUT2D eigenvalue weighted by Gasteiger charge is -2.27. The van der Waals surface area contributed by atoms with Gasteiger partial charge in [-0.3, -0.25) is 47.9 Å². The van der Waals surface area contributed by atoms with Gasteiger partial charge in [-0.15, -0.1) is 0 Å². The Labute approximate surface area is 823 Å². The van der Waals surface area contributed by atoms with Gasteiger partial charge < -0.3 is 74.0 Å². The fraction of sp³-hybridized carbons (Fsp3) is 0.333. The summed E-state index contributed by atoms with van der Waals surface area (Å²) in [5.74, 6) is -0.205. The molecule has 137 heavy (non-hydrogen) atoms. The van der Waals surface area contributed by atoms with Crippen LogP contribution in [0.5, 0.6) is 57.5 Å². The molecule has 5 amide bonds. The van der Waals surface area contributed by atoms with Crippen molar-refractivity contribution in [2.45, 2.75) is 186 Å². The second-order valence-electron chi connectivity index (χ2n) is 32.8. The van der Waals surface area contributed by atoms with Gasteiger partial charge in [0.2, 0.25) is 0 Å². The zero-order chi connectivity index (χ0) is 101. The first-order valence-electron chi connectivity index (χ1n) is 44.2. The molecule has 0 radical (unpaired) electrons. The summed E-state index contributed by atoms with van der Waals surface area (Å²) in [4.78, 5) is 120. The standard InChI is InChI=1S/C22H26ClNO4.C21H23ClFNO4.2C21H24ClNO4.C20H19ClFNO4/c1-6-17(7-2)28-20-12-15(11-19(23)21(20)27-5)22(26)24-16-8-9-18(14(4)25)13(3)10-16;1-5-15(6-2)28-19-10-13(9-17(22)20(19)27-4)21(26)24-14-7-8-16(12(3)25)18(23)11-14;1-13(24)14-6-8-16(9-7-14)23-20(25)15-10-17(22)19(26-5)18(11-15)27-12-21(2,3)4;1-5-17(6-2)27-19-12-15(11-18(22)20(19)26-4)21(25)23-16-9-7-14(8-10-16)13(3)24;1-11(24)15-7-6-13(10-17(15)22)23-20(25)12-8-16(21)19(26-2)18(9-12)27-14-4-3-5-14/h8-12,17H,6-7H2,1-5H3,(H,24,26);7-11,15H,5-6H2,1-4H3,(H,24,26);6-11H,12H2,1-5H3,(H,23,25);7-12,17H,5-6H2,1-4H3,(H,23,25);6-10,14H,3-5H2,1-2H3,(H,23,25). The summed E-state index contributed by atoms with van der Waals surface area (Å²) in [6.07, 6.45) is 7.93. The Balaban J connectivity index is 0.000000233. The third-order valence-corrected chi connectivity index (χ3v) is 22.6. The second kappa shape index (κ2) is 53.1. The van der Waals surface area contributed by atoms with Crippen molar-refractivity contribution in [3.63, 3.8) is 0 Å². The number of benzene rings is 10. The number of hydrogen-bond donors (Lipinski definition) is 5. The molecule has 0 saturated heterocycles. The van der Waals surface area contributed by atoms with E-state index in [-0.39, 0.29) is 120 Å². The normalized spacial score (nSPS) is 11.3. The van der Waals surface area contributed by atoms with Crippen LogP contribution < -0.4 is 74.0 Å². The van der Waals surface area contributed by atoms with Gasteiger partial charge in [-0.1, -0.05) is 120 Å². The van der Waals surface area contributed by atoms with Crippen molar-refractivity contribution >= 4 is 145 Å². The lowest BCUT2D eigenvalue weighted by atomic mass is 9.96. The first-order chi connectivity index (χ1) is 65.0. The summed E-state index contributed by atoms with van der Waals surface area (Å²) >= 11 is 31.3. The van der Waals surface area contributed by atoms with Gasteiger partial charge in [0.25, 0.3) is 29.5 Å². The zero-order valence-electron chi connectivity index (χ0n) is 80.3. The number of ether oxygens (including phenoxy) is 10. The fourth-order valence-corrected chi connectivity index (χ4v) is 14.7. The topological polar surface area (TPSA) is 323 Å². The molecule has 10 aromatic carbocycles. The predicted molar refractivity (Wildman–Crippen MR) is 535 cm³/mol. The summed E-state index contributed by atoms with van der Waals surface area (Å²) < 4.78 is 84.1. The van der Waals surface area contributed by atoms with E-state index in [1.807, 2.05) is 69.2 Å². The van der Waals surface area contributed by atoms with E-state index >= 15 is 0 Å². The largest absolute Gasteiger partial charge is 0.491 e. The minimum absolute atomic E-state index is 0.00468. The molecule has 5 N–H and O–H groups in total. The van der Waals surface area contributed by atoms with Crippen molar-refractivity contribution < 1.29 is 104 Å². The molecule has 0 aromatic heterocycles. The highest BCUT2D eigenvalue weighted by atomic mass is 35.5. The van der Waals surface area contributed by atoms with E-state index in [0.29, 0.717) is 130 Å². The van der Waals surface area contributed by atoms with E-state index in [1.165, 1.54) is 113 Å². The van der Waals surface area contributed by atoms with Gasteiger partial charge in [-0.2, -0.15) is 0 Å². The number of aryl methyl sites for hydroxylation is 1. The van der Waals surface area contributed by atoms with E-state index in [4.69, 9.17) is 105 Å². The molecule has 10 aromatic rings. The van der Waals surface area contributed by atoms with Crippen LogP contribution in [-0.2, 0) is 0 Å². The van der Waals surface area contributed by atoms with Crippen molar-refractivity contribution in [3.8, 4) is 57.5 Å². The summed E-state index contributed by atoms with van der Waals surface area (Å²) in [5, 5.41) is 15.0. The number of halogens is 7. The number of rotatable bonds is 36. The molecule has 25 nitrogen and oxygen atoms in total. The van der Waals surface area contributed by atoms with Gasteiger partial charge in [-0.05, 0) is 274 Å². The molecule has 1 aliphatic rings. The number of methoxy groups -OCH3 is 5. The van der Waals surface area contributed by atoms with Crippen LogP contribution in [0.1, 0.15) is 264 Å². The third kappa shape index (κ3) is 32.4. The molecule has 11 rings (SSSR count). The number of ketones is 5. The number of anilines is 5. The first-order valence-corrected chi connectivity index (χ1v) is 46.1. The number of nitrogens with one attached hydrogen (secondary N) is 5. The SMILES string of the molecule is CCC(CC)Oc1cc(C(=O)Nc2ccc(C(C)=O)c(C)c2)cc(Cl)c1OC.CCC(CC)Oc1cc(C(=O)Nc2ccc(C(C)=O)c(F)c2)cc(Cl)c1OC.CCC(CC)Oc1cc(C(=O)Nc2ccc(C(C)=O)cc2)cc(Cl)c1OC.COc1c(Cl)cc(C(=O)Nc2ccc(C(C)=O)c(F)c2)cc1OC1CCC1.COc1c(Cl)cc(C(=O)Nc2ccc(C(C)=O)cc2)cc1OCC(C)(C)C. The van der Waals surface area contributed by atoms with Crippen molar-refractivity contribution in [2.24, 2.45) is 5.41 Å². The Bertz CT molecular complexity index is 5830. The lowest BCUT2D eigenvalue weighted by molar-refractivity contribution is 0.100. The van der Waals surface area contributed by atoms with Crippen LogP contribution in [0.2, 0.25) is 25.1 Å². The van der Waals surface area contributed by atoms with E-state index < -0.39 is 23.4 Å². The molecule has 0 unspecified atom stereocenters. The van der Waals surface area contributed by atoms with Crippen molar-refractivity contribution in [2.75, 3.05) is 68.7 Å². The molecule has 730 valence electrons. The number of Topliss-reactive ketones (excluding diaryl/α,β-unsaturated/α-hetero) is 5. The molecule has 0 atom stereocenters. The van der Waals surface area contributed by atoms with Gasteiger partial charge in [0.1, 0.15) is 11.6 Å². The van der Waals surface area contributed by atoms with Crippen LogP contribution in [0.3, 0.4) is 0 Å². The van der Waals surface area contributed by atoms with Gasteiger partial charge >= 0.3 is 0 Å². The maximum Gasteiger partial charge on any atom is 0.255 e. The van der Waals surface area contributed by atoms with Crippen molar-refractivity contribution in [1.29, 1.82) is 0 Å². The first kappa shape index (κ1) is 111. The molecule has 0 heterocycles. The second-order valence-corrected chi connectivity index (χ2v) is 34.8. The number of hydrogen-bond acceptors (Lipinski definition) is 20. The third-order valence-electron chi connectivity index (χ3n) is 21.2. The Morgan fingerprint density at radius 1 is 0.336 bits per heavy atom. The quantitative estimate of drug-likeness (QED) is 0.0228. The maximum atomic E-state index is 14.0. The molecule has 1 aliphatic carbocycles. The molecule has 0 bridgehead atoms. The highest BCUT2D eigenvalue weighted by Gasteiger charge is 2.28. The van der Waals surface area contributed by atoms with Crippen LogP contribution in [-0.4, -0.2) is 125 Å². The van der Waals surface area contributed by atoms with E-state index in [9.17, 15) is 56.7 Å². The number of carbonyl (C=O) groups is 10. The van der Waals surface area contributed by atoms with E-state index in [0.717, 1.165) is 75.5 Å². The van der Waals surface area contributed by atoms with E-state index in [1.54, 1.807) is 109 Å². The smallest absolute Gasteiger partial charge is 0.255 e. The Morgan fingerprint density at radius 3 is 0.839 bits per heavy atom. The molecule has 32 heteroatoms. The van der Waals surface area contributed by atoms with E-state index in [2.05, 4.69) is 26.6 Å². The van der Waals surface area contributed by atoms with Gasteiger partial charge in [0.15, 0.2) is 86.4 Å². The number of carbonyl (C=O) groups excluding carboxylic acids is 10. The minimum atomic E-state index is -0.698. The Morgan fingerprint density at radius 2 is 0.591 bits per heavy atom. The van der Waals surface area contributed by atoms with Gasteiger partial charge in [0.05, 0.1) is 103 Å². The minimum Gasteiger partial charge on any atom is -0.491 e. The highest BCUT2D eigenvalue weighted by molar-refractivity contribution is 6.35. The Hall–Kier alpha value is -12.8. The fourth-order valence-electron chi connectivity index (χ4n) is 13.3. The van der Waals surface area contributed by atoms with Crippen molar-refractivity contribution in [1.82, 2.24) is 0 Å². The van der Waals surface area contributed by atoms with Crippen LogP contribution in [0.25, 0.3) is 0 Å². The predicted octanol–water partition coefficient (Wildman–Crippen LogP) is 26.7. The molecular formula is C105H116Cl5F2N5O20. The highest BCUT2D eigenvalue weighted by Crippen LogP contribution is 2.44. The van der Waals surface area contributed by atoms with Crippen molar-refractivity contribution in [3.05, 3.63) is 262 Å². The van der Waals surface area contributed by atoms with Crippen LogP contribution in [0.15, 0.2) is 164 Å². The average Bonchev–Trinajstić information content (AvgIpc) is 0.816. The molecule has 0 spiro atoms. The Kier molecular flexibility index (Phi) is 43.1. The lowest BCUT2D eigenvalue weighted by Crippen LogP contribution is -2.25. The average molecular weight is 1980 g/mol. The summed E-state index contributed by atoms with van der Waals surface area (Å²) in [5.41, 5.74) is 6.25. The zero-order valence-corrected chi connectivity index (χ0v) is 84.1. The summed E-state index contributed by atoms with van der Waals surface area (Å²) in [6, 6.07) is 41.8. The van der Waals surface area contributed by atoms with Gasteiger partial charge in [0, 0.05) is 72.9 Å². The van der Waals surface area contributed by atoms with Crippen LogP contribution >= 0.6 is 58.0 Å². The number of amides is 5. The molecule has 0 aliphatic heterocycles. The van der Waals surface area contributed by atoms with Gasteiger partial charge in [-0.25, -0.2) is 8.78 Å². The molecule has 1 fully saturated rings. The van der Waals surface area contributed by atoms with Crippen LogP contribution in [0.4, 0.5) is 37.2 Å². The van der Waals surface area contributed by atoms with Crippen LogP contribution in [0, 0.1) is 24.0 Å². The monoisotopic (exact) mass is 1980 g/mol. The molecular weight excluding hydrogens is 1870 g/mol. The summed E-state index contributed by atoms with van der Waals surface area (Å²) in [6.45, 7) is 27.6. The molecule has 1 saturated carbocycles. The maximum absolute atomic E-state index is 14.0. The summed E-state index contributed by atoms with van der Waals surface area (Å²) in [7, 11) is 7.48.